The van der Waals surface area contributed by atoms with Crippen LogP contribution in [0.1, 0.15) is 36.8 Å². The van der Waals surface area contributed by atoms with Crippen LogP contribution >= 0.6 is 11.6 Å². The van der Waals surface area contributed by atoms with Crippen LogP contribution in [-0.2, 0) is 0 Å². The molecule has 2 fully saturated rings. The molecule has 1 saturated heterocycles. The number of halogens is 1. The Labute approximate surface area is 156 Å². The third-order valence-corrected chi connectivity index (χ3v) is 6.07. The van der Waals surface area contributed by atoms with Crippen LogP contribution in [0.2, 0.25) is 5.02 Å². The third-order valence-electron chi connectivity index (χ3n) is 5.81. The lowest BCUT2D eigenvalue weighted by Crippen LogP contribution is -2.29. The second kappa shape index (κ2) is 7.76. The average molecular weight is 352 g/mol. The molecule has 2 unspecified atom stereocenters. The molecular formula is C23H26ClN. The van der Waals surface area contributed by atoms with Gasteiger partial charge in [-0.2, -0.15) is 0 Å². The molecule has 0 radical (unpaired) electrons. The van der Waals surface area contributed by atoms with E-state index in [0.717, 1.165) is 23.4 Å². The molecule has 4 rings (SSSR count). The molecule has 0 amide bonds. The second-order valence-electron chi connectivity index (χ2n) is 7.58. The quantitative estimate of drug-likeness (QED) is 0.663. The molecule has 0 N–H and O–H groups in total. The minimum Gasteiger partial charge on any atom is -0.299 e. The predicted molar refractivity (Wildman–Crippen MR) is 107 cm³/mol. The molecule has 130 valence electrons. The zero-order valence-corrected chi connectivity index (χ0v) is 15.5. The van der Waals surface area contributed by atoms with Gasteiger partial charge in [-0.3, -0.25) is 4.90 Å². The van der Waals surface area contributed by atoms with Gasteiger partial charge < -0.3 is 0 Å². The molecule has 2 bridgehead atoms. The van der Waals surface area contributed by atoms with Gasteiger partial charge in [0.05, 0.1) is 0 Å². The first-order valence-corrected chi connectivity index (χ1v) is 9.89. The van der Waals surface area contributed by atoms with Gasteiger partial charge in [-0.15, -0.1) is 0 Å². The lowest BCUT2D eigenvalue weighted by molar-refractivity contribution is 0.260. The van der Waals surface area contributed by atoms with Gasteiger partial charge >= 0.3 is 0 Å². The van der Waals surface area contributed by atoms with Gasteiger partial charge in [0.1, 0.15) is 0 Å². The molecule has 1 aliphatic heterocycles. The Morgan fingerprint density at radius 1 is 0.920 bits per heavy atom. The number of hydrogen-bond donors (Lipinski definition) is 0. The summed E-state index contributed by atoms with van der Waals surface area (Å²) in [6, 6.07) is 18.9. The molecule has 0 aromatic heterocycles. The van der Waals surface area contributed by atoms with Gasteiger partial charge in [-0.25, -0.2) is 0 Å². The lowest BCUT2D eigenvalue weighted by atomic mass is 9.97. The van der Waals surface area contributed by atoms with Crippen LogP contribution in [0.4, 0.5) is 0 Å². The third kappa shape index (κ3) is 4.16. The molecule has 25 heavy (non-hydrogen) atoms. The highest BCUT2D eigenvalue weighted by Crippen LogP contribution is 2.36. The molecule has 2 aromatic rings. The molecular weight excluding hydrogens is 326 g/mol. The highest BCUT2D eigenvalue weighted by atomic mass is 35.5. The van der Waals surface area contributed by atoms with Gasteiger partial charge in [0.15, 0.2) is 0 Å². The molecule has 1 heterocycles. The fourth-order valence-corrected chi connectivity index (χ4v) is 4.59. The fraction of sp³-hybridized carbons (Fsp3) is 0.391. The maximum Gasteiger partial charge on any atom is 0.0406 e. The minimum atomic E-state index is 0.791. The smallest absolute Gasteiger partial charge is 0.0406 e. The molecule has 2 heteroatoms. The Hall–Kier alpha value is -1.57. The zero-order chi connectivity index (χ0) is 17.1. The highest BCUT2D eigenvalue weighted by molar-refractivity contribution is 6.30. The number of benzene rings is 2. The van der Waals surface area contributed by atoms with Crippen molar-refractivity contribution in [1.82, 2.24) is 4.90 Å². The van der Waals surface area contributed by atoms with Crippen LogP contribution in [0.15, 0.2) is 60.7 Å². The number of fused-ring (bicyclic) bond motifs is 2. The summed E-state index contributed by atoms with van der Waals surface area (Å²) in [4.78, 5) is 2.66. The molecule has 1 aliphatic carbocycles. The van der Waals surface area contributed by atoms with E-state index in [0.29, 0.717) is 0 Å². The van der Waals surface area contributed by atoms with Gasteiger partial charge in [0.25, 0.3) is 0 Å². The first-order valence-electron chi connectivity index (χ1n) is 9.52. The van der Waals surface area contributed by atoms with Crippen LogP contribution in [0.25, 0.3) is 5.57 Å². The molecule has 2 aromatic carbocycles. The monoisotopic (exact) mass is 351 g/mol. The first-order chi connectivity index (χ1) is 12.3. The van der Waals surface area contributed by atoms with Gasteiger partial charge in [0.2, 0.25) is 0 Å². The van der Waals surface area contributed by atoms with E-state index in [-0.39, 0.29) is 0 Å². The molecule has 0 spiro atoms. The summed E-state index contributed by atoms with van der Waals surface area (Å²) in [6.07, 6.45) is 8.16. The van der Waals surface area contributed by atoms with E-state index in [4.69, 9.17) is 11.6 Å². The molecule has 2 aliphatic rings. The summed E-state index contributed by atoms with van der Waals surface area (Å²) in [5, 5.41) is 0.791. The number of rotatable bonds is 4. The second-order valence-corrected chi connectivity index (χ2v) is 8.02. The first kappa shape index (κ1) is 16.9. The summed E-state index contributed by atoms with van der Waals surface area (Å²) in [7, 11) is 0. The van der Waals surface area contributed by atoms with E-state index >= 15 is 0 Å². The van der Waals surface area contributed by atoms with Crippen LogP contribution in [0, 0.1) is 11.8 Å². The van der Waals surface area contributed by atoms with E-state index in [1.165, 1.54) is 55.5 Å². The van der Waals surface area contributed by atoms with Crippen molar-refractivity contribution in [1.29, 1.82) is 0 Å². The zero-order valence-electron chi connectivity index (χ0n) is 14.7. The Kier molecular flexibility index (Phi) is 5.24. The largest absolute Gasteiger partial charge is 0.299 e. The van der Waals surface area contributed by atoms with E-state index in [9.17, 15) is 0 Å². The van der Waals surface area contributed by atoms with Crippen LogP contribution in [-0.4, -0.2) is 24.5 Å². The van der Waals surface area contributed by atoms with E-state index in [1.807, 2.05) is 12.1 Å². The van der Waals surface area contributed by atoms with Crippen molar-refractivity contribution in [2.45, 2.75) is 25.7 Å². The average Bonchev–Trinajstić information content (AvgIpc) is 2.98. The van der Waals surface area contributed by atoms with Crippen molar-refractivity contribution in [3.63, 3.8) is 0 Å². The molecule has 1 saturated carbocycles. The summed E-state index contributed by atoms with van der Waals surface area (Å²) in [6.45, 7) is 3.56. The van der Waals surface area contributed by atoms with Crippen molar-refractivity contribution >= 4 is 17.2 Å². The SMILES string of the molecule is Clc1ccc(C(=CCN2CCC3CCC(C3)C2)c2ccccc2)cc1. The summed E-state index contributed by atoms with van der Waals surface area (Å²) < 4.78 is 0. The summed E-state index contributed by atoms with van der Waals surface area (Å²) in [5.74, 6) is 1.92. The van der Waals surface area contributed by atoms with Gasteiger partial charge in [-0.05, 0) is 66.5 Å². The Morgan fingerprint density at radius 2 is 1.64 bits per heavy atom. The maximum atomic E-state index is 6.09. The van der Waals surface area contributed by atoms with Crippen molar-refractivity contribution in [3.8, 4) is 0 Å². The standard InChI is InChI=1S/C23H26ClN/c24-22-10-8-21(9-11-22)23(20-4-2-1-3-5-20)13-15-25-14-12-18-6-7-19(16-18)17-25/h1-5,8-11,13,18-19H,6-7,12,14-17H2. The van der Waals surface area contributed by atoms with Crippen LogP contribution in [0.5, 0.6) is 0 Å². The molecule has 2 atom stereocenters. The summed E-state index contributed by atoms with van der Waals surface area (Å²) >= 11 is 6.09. The normalized spacial score (nSPS) is 24.3. The lowest BCUT2D eigenvalue weighted by Gasteiger charge is -2.23. The number of nitrogens with zero attached hydrogens (tertiary/aromatic N) is 1. The van der Waals surface area contributed by atoms with E-state index < -0.39 is 0 Å². The highest BCUT2D eigenvalue weighted by Gasteiger charge is 2.29. The number of hydrogen-bond acceptors (Lipinski definition) is 1. The number of likely N-dealkylation sites (tertiary alicyclic amines) is 1. The van der Waals surface area contributed by atoms with Crippen molar-refractivity contribution in [3.05, 3.63) is 76.8 Å². The van der Waals surface area contributed by atoms with Crippen LogP contribution in [0.3, 0.4) is 0 Å². The Bertz CT molecular complexity index is 720. The van der Waals surface area contributed by atoms with Crippen LogP contribution < -0.4 is 0 Å². The van der Waals surface area contributed by atoms with Crippen molar-refractivity contribution in [2.24, 2.45) is 11.8 Å². The topological polar surface area (TPSA) is 3.24 Å². The van der Waals surface area contributed by atoms with Gasteiger partial charge in [0, 0.05) is 18.1 Å². The minimum absolute atomic E-state index is 0.791. The summed E-state index contributed by atoms with van der Waals surface area (Å²) in [5.41, 5.74) is 3.83. The van der Waals surface area contributed by atoms with E-state index in [2.05, 4.69) is 53.4 Å². The maximum absolute atomic E-state index is 6.09. The van der Waals surface area contributed by atoms with Gasteiger partial charge in [-0.1, -0.05) is 66.6 Å². The predicted octanol–water partition coefficient (Wildman–Crippen LogP) is 5.89. The molecule has 1 nitrogen and oxygen atoms in total. The Morgan fingerprint density at radius 3 is 2.44 bits per heavy atom. The van der Waals surface area contributed by atoms with E-state index in [1.54, 1.807) is 0 Å². The van der Waals surface area contributed by atoms with Crippen molar-refractivity contribution < 1.29 is 0 Å². The van der Waals surface area contributed by atoms with Crippen molar-refractivity contribution in [2.75, 3.05) is 19.6 Å². The fourth-order valence-electron chi connectivity index (χ4n) is 4.46. The Balaban J connectivity index is 1.57.